The molecular formula is C14H22N4O2S. The van der Waals surface area contributed by atoms with Gasteiger partial charge in [-0.15, -0.1) is 0 Å². The Hall–Kier alpha value is -1.18. The van der Waals surface area contributed by atoms with Gasteiger partial charge in [0.05, 0.1) is 0 Å². The lowest BCUT2D eigenvalue weighted by molar-refractivity contribution is 0.173. The van der Waals surface area contributed by atoms with Gasteiger partial charge in [-0.25, -0.2) is 18.5 Å². The monoisotopic (exact) mass is 310 g/mol. The Bertz CT molecular complexity index is 588. The van der Waals surface area contributed by atoms with Gasteiger partial charge in [0.1, 0.15) is 10.7 Å². The first-order valence-electron chi connectivity index (χ1n) is 7.43. The molecule has 0 saturated carbocycles. The highest BCUT2D eigenvalue weighted by atomic mass is 32.2. The van der Waals surface area contributed by atoms with Crippen LogP contribution in [0.2, 0.25) is 0 Å². The number of nitrogens with zero attached hydrogens (tertiary/aromatic N) is 2. The van der Waals surface area contributed by atoms with Crippen molar-refractivity contribution >= 4 is 15.8 Å². The fourth-order valence-electron chi connectivity index (χ4n) is 3.51. The van der Waals surface area contributed by atoms with Crippen LogP contribution in [-0.4, -0.2) is 39.6 Å². The van der Waals surface area contributed by atoms with Gasteiger partial charge in [-0.1, -0.05) is 0 Å². The molecule has 2 fully saturated rings. The van der Waals surface area contributed by atoms with Crippen LogP contribution in [0, 0.1) is 5.41 Å². The average Bonchev–Trinajstić information content (AvgIpc) is 2.47. The highest BCUT2D eigenvalue weighted by Gasteiger charge is 2.36. The van der Waals surface area contributed by atoms with E-state index in [0.717, 1.165) is 38.4 Å². The number of hydrogen-bond donors (Lipinski definition) is 2. The number of anilines is 1. The highest BCUT2D eigenvalue weighted by Crippen LogP contribution is 2.37. The van der Waals surface area contributed by atoms with Crippen LogP contribution in [0.5, 0.6) is 0 Å². The number of aromatic nitrogens is 1. The second-order valence-corrected chi connectivity index (χ2v) is 7.76. The fourth-order valence-corrected chi connectivity index (χ4v) is 3.97. The van der Waals surface area contributed by atoms with Crippen molar-refractivity contribution in [3.63, 3.8) is 0 Å². The Morgan fingerprint density at radius 3 is 2.71 bits per heavy atom. The molecule has 1 unspecified atom stereocenters. The molecule has 0 bridgehead atoms. The van der Waals surface area contributed by atoms with Crippen molar-refractivity contribution in [3.8, 4) is 0 Å². The van der Waals surface area contributed by atoms with E-state index in [1.807, 2.05) is 0 Å². The molecule has 21 heavy (non-hydrogen) atoms. The summed E-state index contributed by atoms with van der Waals surface area (Å²) in [6, 6.07) is 3.30. The lowest BCUT2D eigenvalue weighted by Gasteiger charge is -2.45. The Kier molecular flexibility index (Phi) is 3.90. The lowest BCUT2D eigenvalue weighted by atomic mass is 9.74. The van der Waals surface area contributed by atoms with E-state index in [0.29, 0.717) is 5.41 Å². The van der Waals surface area contributed by atoms with Crippen LogP contribution in [-0.2, 0) is 10.0 Å². The minimum atomic E-state index is -3.67. The summed E-state index contributed by atoms with van der Waals surface area (Å²) in [6.07, 6.45) is 6.24. The summed E-state index contributed by atoms with van der Waals surface area (Å²) in [5.41, 5.74) is 0.344. The number of nitrogens with two attached hydrogens (primary N) is 1. The summed E-state index contributed by atoms with van der Waals surface area (Å²) in [4.78, 5) is 6.63. The van der Waals surface area contributed by atoms with Crippen molar-refractivity contribution in [1.29, 1.82) is 0 Å². The Labute approximate surface area is 125 Å². The summed E-state index contributed by atoms with van der Waals surface area (Å²) in [5.74, 6) is 0.840. The lowest BCUT2D eigenvalue weighted by Crippen LogP contribution is -2.51. The topological polar surface area (TPSA) is 88.3 Å². The van der Waals surface area contributed by atoms with Gasteiger partial charge in [-0.3, -0.25) is 0 Å². The van der Waals surface area contributed by atoms with E-state index in [1.54, 1.807) is 6.07 Å². The average molecular weight is 310 g/mol. The van der Waals surface area contributed by atoms with E-state index in [1.165, 1.54) is 31.5 Å². The van der Waals surface area contributed by atoms with Gasteiger partial charge in [0.2, 0.25) is 10.0 Å². The normalized spacial score (nSPS) is 27.0. The minimum Gasteiger partial charge on any atom is -0.356 e. The molecule has 3 heterocycles. The van der Waals surface area contributed by atoms with Crippen molar-refractivity contribution < 1.29 is 8.42 Å². The molecule has 0 amide bonds. The van der Waals surface area contributed by atoms with Crippen molar-refractivity contribution in [2.24, 2.45) is 10.6 Å². The van der Waals surface area contributed by atoms with Crippen molar-refractivity contribution in [2.75, 3.05) is 31.1 Å². The molecule has 116 valence electrons. The molecule has 0 radical (unpaired) electrons. The van der Waals surface area contributed by atoms with Crippen molar-refractivity contribution in [2.45, 2.75) is 30.6 Å². The van der Waals surface area contributed by atoms with E-state index in [4.69, 9.17) is 5.14 Å². The van der Waals surface area contributed by atoms with Crippen LogP contribution in [0.4, 0.5) is 5.82 Å². The first kappa shape index (κ1) is 14.7. The molecule has 1 atom stereocenters. The maximum absolute atomic E-state index is 11.3. The SMILES string of the molecule is NS(=O)(=O)c1ccc(N2CCCC3(CCCNC3)C2)nc1. The smallest absolute Gasteiger partial charge is 0.239 e. The first-order valence-corrected chi connectivity index (χ1v) is 8.98. The fraction of sp³-hybridized carbons (Fsp3) is 0.643. The number of sulfonamides is 1. The Balaban J connectivity index is 1.77. The van der Waals surface area contributed by atoms with Crippen molar-refractivity contribution in [3.05, 3.63) is 18.3 Å². The highest BCUT2D eigenvalue weighted by molar-refractivity contribution is 7.89. The molecular weight excluding hydrogens is 288 g/mol. The quantitative estimate of drug-likeness (QED) is 0.839. The van der Waals surface area contributed by atoms with Gasteiger partial charge in [0, 0.05) is 31.2 Å². The van der Waals surface area contributed by atoms with E-state index in [2.05, 4.69) is 15.2 Å². The molecule has 2 aliphatic rings. The third-order valence-electron chi connectivity index (χ3n) is 4.60. The van der Waals surface area contributed by atoms with Gasteiger partial charge in [-0.2, -0.15) is 0 Å². The predicted molar refractivity (Wildman–Crippen MR) is 81.6 cm³/mol. The maximum atomic E-state index is 11.3. The predicted octanol–water partition coefficient (Wildman–Crippen LogP) is 0.699. The number of pyridine rings is 1. The Morgan fingerprint density at radius 2 is 2.10 bits per heavy atom. The van der Waals surface area contributed by atoms with Gasteiger partial charge >= 0.3 is 0 Å². The van der Waals surface area contributed by atoms with E-state index >= 15 is 0 Å². The largest absolute Gasteiger partial charge is 0.356 e. The second-order valence-electron chi connectivity index (χ2n) is 6.20. The standard InChI is InChI=1S/C14H22N4O2S/c15-21(19,20)12-3-4-13(17-9-12)18-8-2-6-14(11-18)5-1-7-16-10-14/h3-4,9,16H,1-2,5-8,10-11H2,(H2,15,19,20). The molecule has 6 nitrogen and oxygen atoms in total. The molecule has 2 saturated heterocycles. The first-order chi connectivity index (χ1) is 9.99. The van der Waals surface area contributed by atoms with Gasteiger partial charge in [-0.05, 0) is 44.4 Å². The van der Waals surface area contributed by atoms with Gasteiger partial charge in [0.15, 0.2) is 0 Å². The molecule has 3 N–H and O–H groups in total. The molecule has 0 aliphatic carbocycles. The number of rotatable bonds is 2. The van der Waals surface area contributed by atoms with Crippen LogP contribution in [0.25, 0.3) is 0 Å². The molecule has 2 aliphatic heterocycles. The minimum absolute atomic E-state index is 0.0669. The number of nitrogens with one attached hydrogen (secondary N) is 1. The zero-order valence-electron chi connectivity index (χ0n) is 12.1. The van der Waals surface area contributed by atoms with Gasteiger partial charge in [0.25, 0.3) is 0 Å². The zero-order valence-corrected chi connectivity index (χ0v) is 12.9. The molecule has 1 aromatic rings. The molecule has 1 spiro atoms. The van der Waals surface area contributed by atoms with Crippen molar-refractivity contribution in [1.82, 2.24) is 10.3 Å². The van der Waals surface area contributed by atoms with Crippen LogP contribution in [0.15, 0.2) is 23.2 Å². The molecule has 7 heteroatoms. The van der Waals surface area contributed by atoms with E-state index in [-0.39, 0.29) is 4.90 Å². The van der Waals surface area contributed by atoms with E-state index < -0.39 is 10.0 Å². The summed E-state index contributed by atoms with van der Waals surface area (Å²) in [6.45, 7) is 4.15. The number of primary sulfonamides is 1. The zero-order chi connectivity index (χ0) is 14.9. The van der Waals surface area contributed by atoms with Crippen LogP contribution >= 0.6 is 0 Å². The van der Waals surface area contributed by atoms with E-state index in [9.17, 15) is 8.42 Å². The number of piperidine rings is 2. The molecule has 3 rings (SSSR count). The Morgan fingerprint density at radius 1 is 1.29 bits per heavy atom. The summed E-state index contributed by atoms with van der Waals surface area (Å²) < 4.78 is 22.6. The summed E-state index contributed by atoms with van der Waals surface area (Å²) >= 11 is 0. The maximum Gasteiger partial charge on any atom is 0.239 e. The summed E-state index contributed by atoms with van der Waals surface area (Å²) in [5, 5.41) is 8.61. The third-order valence-corrected chi connectivity index (χ3v) is 5.49. The van der Waals surface area contributed by atoms with Crippen LogP contribution in [0.3, 0.4) is 0 Å². The van der Waals surface area contributed by atoms with Crippen LogP contribution in [0.1, 0.15) is 25.7 Å². The van der Waals surface area contributed by atoms with Gasteiger partial charge < -0.3 is 10.2 Å². The second kappa shape index (κ2) is 5.55. The summed E-state index contributed by atoms with van der Waals surface area (Å²) in [7, 11) is -3.67. The molecule has 0 aromatic carbocycles. The molecule has 1 aromatic heterocycles. The third kappa shape index (κ3) is 3.20. The van der Waals surface area contributed by atoms with Crippen LogP contribution < -0.4 is 15.4 Å². The number of hydrogen-bond acceptors (Lipinski definition) is 5.